The lowest BCUT2D eigenvalue weighted by atomic mass is 10.0. The third-order valence-electron chi connectivity index (χ3n) is 3.38. The molecule has 0 bridgehead atoms. The zero-order valence-corrected chi connectivity index (χ0v) is 12.8. The van der Waals surface area contributed by atoms with Crippen molar-refractivity contribution in [3.05, 3.63) is 16.1 Å². The van der Waals surface area contributed by atoms with Crippen LogP contribution in [0, 0.1) is 5.92 Å². The Labute approximate surface area is 119 Å². The molecule has 1 rings (SSSR count). The lowest BCUT2D eigenvalue weighted by molar-refractivity contribution is 0.0953. The van der Waals surface area contributed by atoms with E-state index in [1.807, 2.05) is 5.38 Å². The molecule has 5 nitrogen and oxygen atoms in total. The van der Waals surface area contributed by atoms with E-state index in [0.29, 0.717) is 5.01 Å². The number of hydrogen-bond donors (Lipinski definition) is 2. The molecule has 0 aromatic carbocycles. The molecule has 0 fully saturated rings. The van der Waals surface area contributed by atoms with Gasteiger partial charge in [-0.15, -0.1) is 11.3 Å². The predicted octanol–water partition coefficient (Wildman–Crippen LogP) is 2.00. The van der Waals surface area contributed by atoms with Gasteiger partial charge in [-0.25, -0.2) is 10.8 Å². The van der Waals surface area contributed by atoms with Gasteiger partial charge in [0.15, 0.2) is 5.01 Å². The van der Waals surface area contributed by atoms with Crippen molar-refractivity contribution in [2.75, 3.05) is 13.1 Å². The fourth-order valence-electron chi connectivity index (χ4n) is 1.99. The van der Waals surface area contributed by atoms with Crippen molar-refractivity contribution < 1.29 is 4.79 Å². The molecule has 0 atom stereocenters. The lowest BCUT2D eigenvalue weighted by Crippen LogP contribution is -2.30. The van der Waals surface area contributed by atoms with Crippen LogP contribution in [0.25, 0.3) is 0 Å². The third-order valence-corrected chi connectivity index (χ3v) is 4.27. The van der Waals surface area contributed by atoms with E-state index in [-0.39, 0.29) is 5.91 Å². The van der Waals surface area contributed by atoms with Gasteiger partial charge in [-0.1, -0.05) is 33.6 Å². The highest BCUT2D eigenvalue weighted by Gasteiger charge is 2.14. The van der Waals surface area contributed by atoms with E-state index in [1.54, 1.807) is 0 Å². The van der Waals surface area contributed by atoms with Crippen LogP contribution in [0.3, 0.4) is 0 Å². The Bertz CT molecular complexity index is 390. The number of nitrogen functional groups attached to an aromatic ring is 1. The molecule has 0 radical (unpaired) electrons. The highest BCUT2D eigenvalue weighted by molar-refractivity contribution is 7.11. The van der Waals surface area contributed by atoms with Crippen molar-refractivity contribution in [3.8, 4) is 0 Å². The molecule has 1 heterocycles. The van der Waals surface area contributed by atoms with Gasteiger partial charge < -0.3 is 0 Å². The maximum absolute atomic E-state index is 11.4. The summed E-state index contributed by atoms with van der Waals surface area (Å²) in [5.41, 5.74) is 3.05. The molecule has 0 saturated heterocycles. The van der Waals surface area contributed by atoms with Crippen LogP contribution in [0.4, 0.5) is 0 Å². The number of nitrogens with zero attached hydrogens (tertiary/aromatic N) is 2. The Morgan fingerprint density at radius 3 is 2.68 bits per heavy atom. The van der Waals surface area contributed by atoms with Crippen molar-refractivity contribution in [3.63, 3.8) is 0 Å². The minimum absolute atomic E-state index is 0.320. The summed E-state index contributed by atoms with van der Waals surface area (Å²) >= 11 is 1.34. The summed E-state index contributed by atoms with van der Waals surface area (Å²) < 4.78 is 0. The molecule has 0 unspecified atom stereocenters. The van der Waals surface area contributed by atoms with Gasteiger partial charge in [0.25, 0.3) is 5.91 Å². The molecule has 0 aliphatic rings. The van der Waals surface area contributed by atoms with E-state index in [2.05, 4.69) is 36.1 Å². The number of nitrogens with two attached hydrogens (primary N) is 1. The predicted molar refractivity (Wildman–Crippen MR) is 78.8 cm³/mol. The number of thiazole rings is 1. The summed E-state index contributed by atoms with van der Waals surface area (Å²) in [7, 11) is 0. The fraction of sp³-hybridized carbons (Fsp3) is 0.692. The third kappa shape index (κ3) is 4.89. The van der Waals surface area contributed by atoms with E-state index < -0.39 is 0 Å². The summed E-state index contributed by atoms with van der Waals surface area (Å²) in [6, 6.07) is 0. The second kappa shape index (κ2) is 8.24. The van der Waals surface area contributed by atoms with E-state index in [9.17, 15) is 4.79 Å². The molecule has 6 heteroatoms. The molecule has 0 spiro atoms. The molecule has 0 saturated carbocycles. The quantitative estimate of drug-likeness (QED) is 0.435. The van der Waals surface area contributed by atoms with Crippen molar-refractivity contribution in [2.45, 2.75) is 40.2 Å². The lowest BCUT2D eigenvalue weighted by Gasteiger charge is -2.24. The molecule has 0 aliphatic heterocycles. The van der Waals surface area contributed by atoms with E-state index >= 15 is 0 Å². The van der Waals surface area contributed by atoms with E-state index in [1.165, 1.54) is 24.2 Å². The summed E-state index contributed by atoms with van der Waals surface area (Å²) in [6.07, 6.45) is 2.40. The average molecular weight is 284 g/mol. The van der Waals surface area contributed by atoms with Crippen LogP contribution in [0.15, 0.2) is 5.38 Å². The number of nitrogens with one attached hydrogen (secondary N) is 1. The first-order valence-electron chi connectivity index (χ1n) is 6.82. The average Bonchev–Trinajstić information content (AvgIpc) is 2.90. The number of hydrogen-bond acceptors (Lipinski definition) is 5. The standard InChI is InChI=1S/C13H24N4OS/c1-4-10(5-2)7-17(6-3)8-11-9-19-13(15-11)12(18)16-14/h9-10H,4-8,14H2,1-3H3,(H,16,18). The summed E-state index contributed by atoms with van der Waals surface area (Å²) in [4.78, 5) is 18.0. The highest BCUT2D eigenvalue weighted by Crippen LogP contribution is 2.15. The number of carbonyl (C=O) groups excluding carboxylic acids is 1. The van der Waals surface area contributed by atoms with Crippen molar-refractivity contribution in [1.82, 2.24) is 15.3 Å². The molecule has 1 aromatic rings. The number of rotatable bonds is 8. The monoisotopic (exact) mass is 284 g/mol. The van der Waals surface area contributed by atoms with Gasteiger partial charge >= 0.3 is 0 Å². The minimum atomic E-state index is -0.320. The van der Waals surface area contributed by atoms with Crippen molar-refractivity contribution in [1.29, 1.82) is 0 Å². The molecule has 1 amide bonds. The minimum Gasteiger partial charge on any atom is -0.297 e. The second-order valence-electron chi connectivity index (χ2n) is 4.63. The Morgan fingerprint density at radius 2 is 2.16 bits per heavy atom. The van der Waals surface area contributed by atoms with Crippen LogP contribution >= 0.6 is 11.3 Å². The van der Waals surface area contributed by atoms with Gasteiger partial charge in [0.1, 0.15) is 0 Å². The first-order chi connectivity index (χ1) is 9.14. The Balaban J connectivity index is 2.60. The highest BCUT2D eigenvalue weighted by atomic mass is 32.1. The second-order valence-corrected chi connectivity index (χ2v) is 5.49. The molecule has 0 aliphatic carbocycles. The molecular weight excluding hydrogens is 260 g/mol. The van der Waals surface area contributed by atoms with Gasteiger partial charge in [-0.05, 0) is 12.5 Å². The zero-order chi connectivity index (χ0) is 14.3. The fourth-order valence-corrected chi connectivity index (χ4v) is 2.70. The van der Waals surface area contributed by atoms with Crippen LogP contribution in [-0.2, 0) is 6.54 Å². The van der Waals surface area contributed by atoms with E-state index in [0.717, 1.165) is 31.2 Å². The first-order valence-corrected chi connectivity index (χ1v) is 7.70. The maximum atomic E-state index is 11.4. The van der Waals surface area contributed by atoms with Gasteiger partial charge in [-0.3, -0.25) is 15.1 Å². The Morgan fingerprint density at radius 1 is 1.47 bits per heavy atom. The van der Waals surface area contributed by atoms with Crippen LogP contribution in [0.2, 0.25) is 0 Å². The summed E-state index contributed by atoms with van der Waals surface area (Å²) in [5.74, 6) is 5.51. The normalized spacial score (nSPS) is 11.3. The number of aromatic nitrogens is 1. The number of amides is 1. The van der Waals surface area contributed by atoms with Crippen LogP contribution in [0.1, 0.15) is 49.1 Å². The molecule has 108 valence electrons. The Kier molecular flexibility index (Phi) is 6.97. The molecule has 3 N–H and O–H groups in total. The zero-order valence-electron chi connectivity index (χ0n) is 12.0. The summed E-state index contributed by atoms with van der Waals surface area (Å²) in [5, 5.41) is 2.36. The van der Waals surface area contributed by atoms with E-state index in [4.69, 9.17) is 5.84 Å². The van der Waals surface area contributed by atoms with Crippen LogP contribution in [0.5, 0.6) is 0 Å². The van der Waals surface area contributed by atoms with Gasteiger partial charge in [0, 0.05) is 18.5 Å². The molecule has 1 aromatic heterocycles. The molecule has 19 heavy (non-hydrogen) atoms. The van der Waals surface area contributed by atoms with Gasteiger partial charge in [0.05, 0.1) is 5.69 Å². The van der Waals surface area contributed by atoms with Crippen LogP contribution in [-0.4, -0.2) is 28.9 Å². The van der Waals surface area contributed by atoms with Gasteiger partial charge in [-0.2, -0.15) is 0 Å². The smallest absolute Gasteiger partial charge is 0.294 e. The summed E-state index contributed by atoms with van der Waals surface area (Å²) in [6.45, 7) is 9.48. The topological polar surface area (TPSA) is 71.2 Å². The Hall–Kier alpha value is -0.980. The number of hydrazine groups is 1. The van der Waals surface area contributed by atoms with Gasteiger partial charge in [0.2, 0.25) is 0 Å². The SMILES string of the molecule is CCC(CC)CN(CC)Cc1csc(C(=O)NN)n1. The largest absolute Gasteiger partial charge is 0.297 e. The first kappa shape index (κ1) is 16.1. The van der Waals surface area contributed by atoms with Crippen LogP contribution < -0.4 is 11.3 Å². The van der Waals surface area contributed by atoms with Crippen molar-refractivity contribution >= 4 is 17.2 Å². The maximum Gasteiger partial charge on any atom is 0.294 e. The van der Waals surface area contributed by atoms with Crippen molar-refractivity contribution in [2.24, 2.45) is 11.8 Å². The number of carbonyl (C=O) groups is 1. The molecular formula is C13H24N4OS.